The number of carbonyl (C=O) groups excluding carboxylic acids is 1. The molecular weight excluding hydrogens is 258 g/mol. The van der Waals surface area contributed by atoms with Crippen LogP contribution in [0.2, 0.25) is 0 Å². The second-order valence-electron chi connectivity index (χ2n) is 5.53. The van der Waals surface area contributed by atoms with Crippen LogP contribution in [0.4, 0.5) is 0 Å². The molecule has 1 heterocycles. The van der Waals surface area contributed by atoms with Crippen molar-refractivity contribution < 1.29 is 4.79 Å². The van der Waals surface area contributed by atoms with Gasteiger partial charge in [-0.3, -0.25) is 9.78 Å². The highest BCUT2D eigenvalue weighted by Gasteiger charge is 2.11. The highest BCUT2D eigenvalue weighted by Crippen LogP contribution is 2.15. The Bertz CT molecular complexity index is 587. The molecule has 0 fully saturated rings. The fraction of sp³-hybridized carbons (Fsp3) is 0.368. The van der Waals surface area contributed by atoms with Gasteiger partial charge in [0.25, 0.3) is 0 Å². The van der Waals surface area contributed by atoms with Gasteiger partial charge in [-0.2, -0.15) is 0 Å². The van der Waals surface area contributed by atoms with E-state index in [4.69, 9.17) is 0 Å². The summed E-state index contributed by atoms with van der Waals surface area (Å²) in [6, 6.07) is 9.89. The van der Waals surface area contributed by atoms with Crippen molar-refractivity contribution in [1.82, 2.24) is 4.98 Å². The molecule has 0 atom stereocenters. The number of ketones is 1. The van der Waals surface area contributed by atoms with Crippen LogP contribution in [0.25, 0.3) is 0 Å². The van der Waals surface area contributed by atoms with Gasteiger partial charge in [0.15, 0.2) is 5.78 Å². The second kappa shape index (κ2) is 7.72. The smallest absolute Gasteiger partial charge is 0.194 e. The molecular formula is C19H23NO. The zero-order valence-electron chi connectivity index (χ0n) is 12.9. The van der Waals surface area contributed by atoms with E-state index in [1.54, 1.807) is 12.4 Å². The summed E-state index contributed by atoms with van der Waals surface area (Å²) in [5.41, 5.74) is 3.71. The average Bonchev–Trinajstić information content (AvgIpc) is 2.52. The van der Waals surface area contributed by atoms with E-state index in [1.165, 1.54) is 31.2 Å². The number of hydrogen-bond acceptors (Lipinski definition) is 2. The number of aryl methyl sites for hydroxylation is 2. The summed E-state index contributed by atoms with van der Waals surface area (Å²) in [5, 5.41) is 0. The minimum absolute atomic E-state index is 0.0538. The van der Waals surface area contributed by atoms with E-state index in [9.17, 15) is 4.79 Å². The summed E-state index contributed by atoms with van der Waals surface area (Å²) >= 11 is 0. The van der Waals surface area contributed by atoms with Crippen LogP contribution >= 0.6 is 0 Å². The van der Waals surface area contributed by atoms with Crippen LogP contribution in [0.5, 0.6) is 0 Å². The predicted molar refractivity (Wildman–Crippen MR) is 86.7 cm³/mol. The van der Waals surface area contributed by atoms with Gasteiger partial charge in [0, 0.05) is 23.5 Å². The fourth-order valence-corrected chi connectivity index (χ4v) is 2.44. The number of hydrogen-bond donors (Lipinski definition) is 0. The van der Waals surface area contributed by atoms with Crippen LogP contribution in [0.1, 0.15) is 59.7 Å². The number of nitrogens with zero attached hydrogens (tertiary/aromatic N) is 1. The van der Waals surface area contributed by atoms with E-state index in [0.717, 1.165) is 17.5 Å². The van der Waals surface area contributed by atoms with Gasteiger partial charge in [0.05, 0.1) is 0 Å². The summed E-state index contributed by atoms with van der Waals surface area (Å²) in [7, 11) is 0. The number of benzene rings is 1. The van der Waals surface area contributed by atoms with E-state index in [2.05, 4.69) is 24.0 Å². The van der Waals surface area contributed by atoms with Crippen molar-refractivity contribution in [2.24, 2.45) is 0 Å². The van der Waals surface area contributed by atoms with Gasteiger partial charge in [-0.05, 0) is 37.0 Å². The standard InChI is InChI=1S/C19H23NO/c1-3-4-5-6-7-16-8-10-17(11-9-16)19(21)18-14-20-13-12-15(18)2/h8-14H,3-7H2,1-2H3. The molecule has 0 saturated carbocycles. The van der Waals surface area contributed by atoms with Crippen molar-refractivity contribution in [3.8, 4) is 0 Å². The summed E-state index contributed by atoms with van der Waals surface area (Å²) in [6.45, 7) is 4.16. The summed E-state index contributed by atoms with van der Waals surface area (Å²) in [6.07, 6.45) is 9.53. The minimum atomic E-state index is 0.0538. The van der Waals surface area contributed by atoms with Gasteiger partial charge < -0.3 is 0 Å². The molecule has 2 nitrogen and oxygen atoms in total. The lowest BCUT2D eigenvalue weighted by Gasteiger charge is -2.06. The molecule has 0 N–H and O–H groups in total. The van der Waals surface area contributed by atoms with Crippen molar-refractivity contribution in [3.63, 3.8) is 0 Å². The fourth-order valence-electron chi connectivity index (χ4n) is 2.44. The van der Waals surface area contributed by atoms with Crippen LogP contribution in [0.15, 0.2) is 42.7 Å². The van der Waals surface area contributed by atoms with E-state index in [0.29, 0.717) is 5.56 Å². The molecule has 2 aromatic rings. The number of carbonyl (C=O) groups is 1. The van der Waals surface area contributed by atoms with Gasteiger partial charge in [-0.25, -0.2) is 0 Å². The van der Waals surface area contributed by atoms with Crippen molar-refractivity contribution >= 4 is 5.78 Å². The molecule has 0 aliphatic rings. The Morgan fingerprint density at radius 2 is 1.81 bits per heavy atom. The number of aromatic nitrogens is 1. The van der Waals surface area contributed by atoms with Crippen molar-refractivity contribution in [2.75, 3.05) is 0 Å². The molecule has 0 saturated heterocycles. The van der Waals surface area contributed by atoms with E-state index >= 15 is 0 Å². The lowest BCUT2D eigenvalue weighted by Crippen LogP contribution is -2.04. The van der Waals surface area contributed by atoms with Crippen LogP contribution in [-0.2, 0) is 6.42 Å². The Balaban J connectivity index is 2.02. The Morgan fingerprint density at radius 3 is 2.48 bits per heavy atom. The lowest BCUT2D eigenvalue weighted by atomic mass is 9.99. The first kappa shape index (κ1) is 15.4. The van der Waals surface area contributed by atoms with Crippen molar-refractivity contribution in [2.45, 2.75) is 46.0 Å². The molecule has 0 bridgehead atoms. The molecule has 0 aliphatic carbocycles. The molecule has 2 rings (SSSR count). The van der Waals surface area contributed by atoms with Gasteiger partial charge in [0.1, 0.15) is 0 Å². The molecule has 1 aromatic carbocycles. The Labute approximate surface area is 127 Å². The lowest BCUT2D eigenvalue weighted by molar-refractivity contribution is 0.103. The van der Waals surface area contributed by atoms with Crippen molar-refractivity contribution in [1.29, 1.82) is 0 Å². The predicted octanol–water partition coefficient (Wildman–Crippen LogP) is 4.74. The van der Waals surface area contributed by atoms with Crippen LogP contribution in [0.3, 0.4) is 0 Å². The quantitative estimate of drug-likeness (QED) is 0.542. The maximum atomic E-state index is 12.4. The maximum absolute atomic E-state index is 12.4. The maximum Gasteiger partial charge on any atom is 0.194 e. The average molecular weight is 281 g/mol. The van der Waals surface area contributed by atoms with Gasteiger partial charge >= 0.3 is 0 Å². The van der Waals surface area contributed by atoms with Gasteiger partial charge in [0.2, 0.25) is 0 Å². The molecule has 0 aliphatic heterocycles. The highest BCUT2D eigenvalue weighted by atomic mass is 16.1. The normalized spacial score (nSPS) is 10.6. The number of pyridine rings is 1. The Morgan fingerprint density at radius 1 is 1.05 bits per heavy atom. The second-order valence-corrected chi connectivity index (χ2v) is 5.53. The van der Waals surface area contributed by atoms with Crippen molar-refractivity contribution in [3.05, 3.63) is 65.0 Å². The third-order valence-electron chi connectivity index (χ3n) is 3.82. The van der Waals surface area contributed by atoms with Gasteiger partial charge in [-0.1, -0.05) is 50.5 Å². The summed E-state index contributed by atoms with van der Waals surface area (Å²) in [4.78, 5) is 16.5. The molecule has 2 heteroatoms. The molecule has 0 radical (unpaired) electrons. The first-order valence-electron chi connectivity index (χ1n) is 7.76. The third kappa shape index (κ3) is 4.25. The SMILES string of the molecule is CCCCCCc1ccc(C(=O)c2cnccc2C)cc1. The molecule has 0 spiro atoms. The molecule has 21 heavy (non-hydrogen) atoms. The Kier molecular flexibility index (Phi) is 5.68. The molecule has 1 aromatic heterocycles. The first-order chi connectivity index (χ1) is 10.2. The topological polar surface area (TPSA) is 30.0 Å². The van der Waals surface area contributed by atoms with E-state index < -0.39 is 0 Å². The summed E-state index contributed by atoms with van der Waals surface area (Å²) in [5.74, 6) is 0.0538. The molecule has 110 valence electrons. The third-order valence-corrected chi connectivity index (χ3v) is 3.82. The van der Waals surface area contributed by atoms with Crippen LogP contribution in [0, 0.1) is 6.92 Å². The van der Waals surface area contributed by atoms with Gasteiger partial charge in [-0.15, -0.1) is 0 Å². The zero-order chi connectivity index (χ0) is 15.1. The number of rotatable bonds is 7. The zero-order valence-corrected chi connectivity index (χ0v) is 12.9. The summed E-state index contributed by atoms with van der Waals surface area (Å²) < 4.78 is 0. The van der Waals surface area contributed by atoms with Crippen LogP contribution in [-0.4, -0.2) is 10.8 Å². The van der Waals surface area contributed by atoms with E-state index in [-0.39, 0.29) is 5.78 Å². The number of unbranched alkanes of at least 4 members (excludes halogenated alkanes) is 3. The Hall–Kier alpha value is -1.96. The molecule has 0 unspecified atom stereocenters. The van der Waals surface area contributed by atoms with E-state index in [1.807, 2.05) is 25.1 Å². The highest BCUT2D eigenvalue weighted by molar-refractivity contribution is 6.09. The monoisotopic (exact) mass is 281 g/mol. The first-order valence-corrected chi connectivity index (χ1v) is 7.76. The largest absolute Gasteiger partial charge is 0.289 e. The molecule has 0 amide bonds. The minimum Gasteiger partial charge on any atom is -0.289 e. The van der Waals surface area contributed by atoms with Crippen LogP contribution < -0.4 is 0 Å².